The summed E-state index contributed by atoms with van der Waals surface area (Å²) in [6.07, 6.45) is 0. The highest BCUT2D eigenvalue weighted by molar-refractivity contribution is 5.70. The van der Waals surface area contributed by atoms with Crippen LogP contribution in [0.3, 0.4) is 0 Å². The quantitative estimate of drug-likeness (QED) is 0.762. The van der Waals surface area contributed by atoms with Gasteiger partial charge in [-0.1, -0.05) is 13.8 Å². The maximum atomic E-state index is 13.4. The Morgan fingerprint density at radius 3 is 2.31 bits per heavy atom. The summed E-state index contributed by atoms with van der Waals surface area (Å²) in [5, 5.41) is 6.72. The van der Waals surface area contributed by atoms with Gasteiger partial charge in [0, 0.05) is 13.1 Å². The molecule has 1 unspecified atom stereocenters. The van der Waals surface area contributed by atoms with E-state index in [1.54, 1.807) is 13.0 Å². The second-order valence-corrected chi connectivity index (χ2v) is 4.91. The van der Waals surface area contributed by atoms with Gasteiger partial charge in [-0.15, -0.1) is 0 Å². The molecule has 0 aliphatic carbocycles. The molecule has 0 saturated carbocycles. The lowest BCUT2D eigenvalue weighted by Crippen LogP contribution is -2.23. The highest BCUT2D eigenvalue weighted by atomic mass is 19.1. The minimum atomic E-state index is -0.143. The monoisotopic (exact) mass is 222 g/mol. The Morgan fingerprint density at radius 1 is 1.19 bits per heavy atom. The Bertz CT molecular complexity index is 355. The number of aryl methyl sites for hydroxylation is 1. The molecule has 16 heavy (non-hydrogen) atoms. The van der Waals surface area contributed by atoms with Crippen LogP contribution >= 0.6 is 0 Å². The van der Waals surface area contributed by atoms with E-state index in [0.717, 1.165) is 24.5 Å². The summed E-state index contributed by atoms with van der Waals surface area (Å²) in [7, 11) is 0. The Balaban J connectivity index is 2.24. The summed E-state index contributed by atoms with van der Waals surface area (Å²) in [6.45, 7) is 8.08. The van der Waals surface area contributed by atoms with Crippen LogP contribution in [0.25, 0.3) is 0 Å². The van der Waals surface area contributed by atoms with Crippen molar-refractivity contribution in [3.05, 3.63) is 23.5 Å². The fraction of sp³-hybridized carbons (Fsp3) is 0.538. The fourth-order valence-corrected chi connectivity index (χ4v) is 2.00. The average Bonchev–Trinajstić information content (AvgIpc) is 2.41. The minimum Gasteiger partial charge on any atom is -0.383 e. The van der Waals surface area contributed by atoms with Gasteiger partial charge in [0.1, 0.15) is 5.82 Å². The number of nitrogens with one attached hydrogen (secondary N) is 2. The molecule has 2 rings (SSSR count). The third kappa shape index (κ3) is 2.13. The molecule has 0 amide bonds. The van der Waals surface area contributed by atoms with Crippen LogP contribution in [0, 0.1) is 24.6 Å². The molecule has 0 bridgehead atoms. The fourth-order valence-electron chi connectivity index (χ4n) is 2.00. The van der Waals surface area contributed by atoms with Crippen molar-refractivity contribution < 1.29 is 4.39 Å². The van der Waals surface area contributed by atoms with E-state index in [0.29, 0.717) is 17.4 Å². The Kier molecular flexibility index (Phi) is 3.03. The number of rotatable bonds is 1. The van der Waals surface area contributed by atoms with Gasteiger partial charge in [-0.25, -0.2) is 4.39 Å². The van der Waals surface area contributed by atoms with Gasteiger partial charge >= 0.3 is 0 Å². The Hall–Kier alpha value is -1.25. The molecule has 1 heterocycles. The van der Waals surface area contributed by atoms with Crippen LogP contribution in [0.1, 0.15) is 19.4 Å². The standard InChI is InChI=1S/C13H19FN2/c1-8(2)10-6-15-12-4-9(3)11(14)5-13(12)16-7-10/h4-5,8,10,15-16H,6-7H2,1-3H3. The largest absolute Gasteiger partial charge is 0.383 e. The van der Waals surface area contributed by atoms with E-state index in [1.807, 2.05) is 6.07 Å². The lowest BCUT2D eigenvalue weighted by atomic mass is 9.96. The third-order valence-electron chi connectivity index (χ3n) is 3.35. The molecule has 2 N–H and O–H groups in total. The van der Waals surface area contributed by atoms with Crippen molar-refractivity contribution in [3.8, 4) is 0 Å². The van der Waals surface area contributed by atoms with Crippen LogP contribution in [0.15, 0.2) is 12.1 Å². The van der Waals surface area contributed by atoms with Gasteiger partial charge in [-0.2, -0.15) is 0 Å². The highest BCUT2D eigenvalue weighted by Gasteiger charge is 2.18. The molecule has 1 aliphatic heterocycles. The molecule has 1 aromatic carbocycles. The third-order valence-corrected chi connectivity index (χ3v) is 3.35. The van der Waals surface area contributed by atoms with Crippen LogP contribution in [0.2, 0.25) is 0 Å². The van der Waals surface area contributed by atoms with Gasteiger partial charge in [0.05, 0.1) is 11.4 Å². The maximum absolute atomic E-state index is 13.4. The summed E-state index contributed by atoms with van der Waals surface area (Å²) in [5.41, 5.74) is 2.59. The van der Waals surface area contributed by atoms with Gasteiger partial charge in [-0.05, 0) is 36.5 Å². The lowest BCUT2D eigenvalue weighted by Gasteiger charge is -2.18. The second kappa shape index (κ2) is 4.32. The molecule has 0 spiro atoms. The molecular weight excluding hydrogens is 203 g/mol. The summed E-state index contributed by atoms with van der Waals surface area (Å²) in [6, 6.07) is 3.46. The van der Waals surface area contributed by atoms with E-state index in [9.17, 15) is 4.39 Å². The molecule has 2 nitrogen and oxygen atoms in total. The first-order valence-electron chi connectivity index (χ1n) is 5.86. The van der Waals surface area contributed by atoms with Gasteiger partial charge in [-0.3, -0.25) is 0 Å². The predicted molar refractivity (Wildman–Crippen MR) is 66.4 cm³/mol. The van der Waals surface area contributed by atoms with Crippen LogP contribution in [-0.2, 0) is 0 Å². The SMILES string of the molecule is Cc1cc2c(cc1F)NCC(C(C)C)CN2. The second-order valence-electron chi connectivity index (χ2n) is 4.91. The molecule has 3 heteroatoms. The number of anilines is 2. The first-order chi connectivity index (χ1) is 7.58. The molecular formula is C13H19FN2. The van der Waals surface area contributed by atoms with Crippen LogP contribution in [0.4, 0.5) is 15.8 Å². The van der Waals surface area contributed by atoms with E-state index in [4.69, 9.17) is 0 Å². The van der Waals surface area contributed by atoms with Crippen molar-refractivity contribution in [2.75, 3.05) is 23.7 Å². The molecule has 1 aliphatic rings. The zero-order valence-electron chi connectivity index (χ0n) is 10.1. The molecule has 1 aromatic rings. The van der Waals surface area contributed by atoms with E-state index in [-0.39, 0.29) is 5.82 Å². The number of hydrogen-bond donors (Lipinski definition) is 2. The predicted octanol–water partition coefficient (Wildman–Crippen LogP) is 3.24. The van der Waals surface area contributed by atoms with Crippen molar-refractivity contribution in [2.45, 2.75) is 20.8 Å². The zero-order valence-corrected chi connectivity index (χ0v) is 10.1. The smallest absolute Gasteiger partial charge is 0.128 e. The Morgan fingerprint density at radius 2 is 1.75 bits per heavy atom. The van der Waals surface area contributed by atoms with E-state index >= 15 is 0 Å². The summed E-state index contributed by atoms with van der Waals surface area (Å²) in [5.74, 6) is 1.06. The maximum Gasteiger partial charge on any atom is 0.128 e. The van der Waals surface area contributed by atoms with Crippen molar-refractivity contribution in [1.82, 2.24) is 0 Å². The summed E-state index contributed by atoms with van der Waals surface area (Å²) in [4.78, 5) is 0. The van der Waals surface area contributed by atoms with Gasteiger partial charge in [0.15, 0.2) is 0 Å². The van der Waals surface area contributed by atoms with Crippen LogP contribution < -0.4 is 10.6 Å². The number of halogens is 1. The molecule has 0 saturated heterocycles. The van der Waals surface area contributed by atoms with Gasteiger partial charge in [0.25, 0.3) is 0 Å². The molecule has 88 valence electrons. The van der Waals surface area contributed by atoms with Crippen LogP contribution in [0.5, 0.6) is 0 Å². The first-order valence-corrected chi connectivity index (χ1v) is 5.86. The highest BCUT2D eigenvalue weighted by Crippen LogP contribution is 2.29. The summed E-state index contributed by atoms with van der Waals surface area (Å²) >= 11 is 0. The number of benzene rings is 1. The number of hydrogen-bond acceptors (Lipinski definition) is 2. The summed E-state index contributed by atoms with van der Waals surface area (Å²) < 4.78 is 13.4. The molecule has 1 atom stereocenters. The van der Waals surface area contributed by atoms with E-state index < -0.39 is 0 Å². The van der Waals surface area contributed by atoms with Crippen molar-refractivity contribution in [2.24, 2.45) is 11.8 Å². The van der Waals surface area contributed by atoms with Crippen LogP contribution in [-0.4, -0.2) is 13.1 Å². The number of fused-ring (bicyclic) bond motifs is 1. The van der Waals surface area contributed by atoms with Crippen molar-refractivity contribution in [1.29, 1.82) is 0 Å². The van der Waals surface area contributed by atoms with Crippen molar-refractivity contribution in [3.63, 3.8) is 0 Å². The van der Waals surface area contributed by atoms with Crippen molar-refractivity contribution >= 4 is 11.4 Å². The van der Waals surface area contributed by atoms with E-state index in [2.05, 4.69) is 24.5 Å². The Labute approximate surface area is 96.2 Å². The molecule has 0 aromatic heterocycles. The van der Waals surface area contributed by atoms with Gasteiger partial charge in [0.2, 0.25) is 0 Å². The first kappa shape index (κ1) is 11.2. The molecule has 0 fully saturated rings. The minimum absolute atomic E-state index is 0.143. The molecule has 0 radical (unpaired) electrons. The zero-order chi connectivity index (χ0) is 11.7. The topological polar surface area (TPSA) is 24.1 Å². The lowest BCUT2D eigenvalue weighted by molar-refractivity contribution is 0.426. The van der Waals surface area contributed by atoms with E-state index in [1.165, 1.54) is 0 Å². The van der Waals surface area contributed by atoms with Gasteiger partial charge < -0.3 is 10.6 Å². The average molecular weight is 222 g/mol. The normalized spacial score (nSPS) is 19.7.